The van der Waals surface area contributed by atoms with Crippen molar-refractivity contribution >= 4 is 17.6 Å². The molecule has 0 atom stereocenters. The average Bonchev–Trinajstić information content (AvgIpc) is 2.56. The highest BCUT2D eigenvalue weighted by molar-refractivity contribution is 6.30. The zero-order chi connectivity index (χ0) is 16.5. The van der Waals surface area contributed by atoms with Gasteiger partial charge in [0.15, 0.2) is 0 Å². The fourth-order valence-electron chi connectivity index (χ4n) is 2.12. The quantitative estimate of drug-likeness (QED) is 0.613. The first-order chi connectivity index (χ1) is 11.2. The summed E-state index contributed by atoms with van der Waals surface area (Å²) in [6.07, 6.45) is 2.13. The highest BCUT2D eigenvalue weighted by Crippen LogP contribution is 2.13. The molecule has 0 aliphatic carbocycles. The zero-order valence-electron chi connectivity index (χ0n) is 13.1. The van der Waals surface area contributed by atoms with Crippen LogP contribution >= 0.6 is 11.6 Å². The molecule has 0 fully saturated rings. The second-order valence-electron chi connectivity index (χ2n) is 5.06. The van der Waals surface area contributed by atoms with Crippen LogP contribution in [0.5, 0.6) is 0 Å². The first-order valence-electron chi connectivity index (χ1n) is 7.57. The van der Waals surface area contributed by atoms with Crippen molar-refractivity contribution in [1.82, 2.24) is 5.32 Å². The Morgan fingerprint density at radius 1 is 1.09 bits per heavy atom. The molecule has 120 valence electrons. The number of hydrogen-bond donors (Lipinski definition) is 1. The van der Waals surface area contributed by atoms with Crippen molar-refractivity contribution in [1.29, 1.82) is 0 Å². The van der Waals surface area contributed by atoms with Gasteiger partial charge >= 0.3 is 5.97 Å². The molecule has 0 aliphatic rings. The fraction of sp³-hybridized carbons (Fsp3) is 0.211. The lowest BCUT2D eigenvalue weighted by molar-refractivity contribution is -0.137. The lowest BCUT2D eigenvalue weighted by Gasteiger charge is -2.12. The van der Waals surface area contributed by atoms with Crippen molar-refractivity contribution in [2.75, 3.05) is 6.61 Å². The van der Waals surface area contributed by atoms with E-state index in [-0.39, 0.29) is 5.97 Å². The SMILES string of the molecule is CCOC(=O)/C=C(/Cc1ccc(Cl)cc1)NCc1ccccc1. The second-order valence-corrected chi connectivity index (χ2v) is 5.50. The summed E-state index contributed by atoms with van der Waals surface area (Å²) in [4.78, 5) is 11.7. The highest BCUT2D eigenvalue weighted by Gasteiger charge is 2.05. The van der Waals surface area contributed by atoms with E-state index in [1.165, 1.54) is 6.08 Å². The number of carbonyl (C=O) groups is 1. The van der Waals surface area contributed by atoms with E-state index in [1.807, 2.05) is 54.6 Å². The topological polar surface area (TPSA) is 38.3 Å². The van der Waals surface area contributed by atoms with E-state index in [0.717, 1.165) is 16.8 Å². The molecule has 0 aliphatic heterocycles. The minimum atomic E-state index is -0.336. The van der Waals surface area contributed by atoms with Crippen molar-refractivity contribution in [3.8, 4) is 0 Å². The van der Waals surface area contributed by atoms with Crippen LogP contribution in [0.3, 0.4) is 0 Å². The van der Waals surface area contributed by atoms with Crippen LogP contribution in [-0.4, -0.2) is 12.6 Å². The maximum atomic E-state index is 11.7. The maximum Gasteiger partial charge on any atom is 0.332 e. The summed E-state index contributed by atoms with van der Waals surface area (Å²) < 4.78 is 5.00. The van der Waals surface area contributed by atoms with Crippen molar-refractivity contribution in [2.24, 2.45) is 0 Å². The molecule has 2 rings (SSSR count). The minimum absolute atomic E-state index is 0.336. The first kappa shape index (κ1) is 17.1. The summed E-state index contributed by atoms with van der Waals surface area (Å²) in [5.74, 6) is -0.336. The average molecular weight is 330 g/mol. The molecule has 0 amide bonds. The Labute approximate surface area is 141 Å². The van der Waals surface area contributed by atoms with Crippen molar-refractivity contribution in [3.05, 3.63) is 82.5 Å². The number of nitrogens with one attached hydrogen (secondary N) is 1. The van der Waals surface area contributed by atoms with E-state index in [4.69, 9.17) is 16.3 Å². The van der Waals surface area contributed by atoms with Crippen LogP contribution in [0.4, 0.5) is 0 Å². The summed E-state index contributed by atoms with van der Waals surface area (Å²) in [6, 6.07) is 17.6. The van der Waals surface area contributed by atoms with Gasteiger partial charge in [-0.1, -0.05) is 54.1 Å². The largest absolute Gasteiger partial charge is 0.463 e. The predicted octanol–water partition coefficient (Wildman–Crippen LogP) is 4.12. The number of hydrogen-bond acceptors (Lipinski definition) is 3. The Morgan fingerprint density at radius 3 is 2.43 bits per heavy atom. The number of rotatable bonds is 7. The Morgan fingerprint density at radius 2 is 1.78 bits per heavy atom. The molecule has 3 nitrogen and oxygen atoms in total. The normalized spacial score (nSPS) is 11.1. The van der Waals surface area contributed by atoms with Crippen LogP contribution < -0.4 is 5.32 Å². The number of benzene rings is 2. The van der Waals surface area contributed by atoms with Crippen LogP contribution in [0.1, 0.15) is 18.1 Å². The number of esters is 1. The minimum Gasteiger partial charge on any atom is -0.463 e. The van der Waals surface area contributed by atoms with Gasteiger partial charge in [-0.2, -0.15) is 0 Å². The van der Waals surface area contributed by atoms with Crippen LogP contribution in [0.2, 0.25) is 5.02 Å². The Balaban J connectivity index is 2.07. The van der Waals surface area contributed by atoms with E-state index in [9.17, 15) is 4.79 Å². The Hall–Kier alpha value is -2.26. The molecule has 0 saturated carbocycles. The molecule has 0 saturated heterocycles. The molecule has 1 N–H and O–H groups in total. The fourth-order valence-corrected chi connectivity index (χ4v) is 2.25. The van der Waals surface area contributed by atoms with Gasteiger partial charge in [0.05, 0.1) is 6.61 Å². The molecule has 0 radical (unpaired) electrons. The third kappa shape index (κ3) is 6.17. The van der Waals surface area contributed by atoms with Crippen molar-refractivity contribution in [3.63, 3.8) is 0 Å². The highest BCUT2D eigenvalue weighted by atomic mass is 35.5. The number of ether oxygens (including phenoxy) is 1. The molecule has 0 bridgehead atoms. The zero-order valence-corrected chi connectivity index (χ0v) is 13.8. The summed E-state index contributed by atoms with van der Waals surface area (Å²) in [6.45, 7) is 2.81. The maximum absolute atomic E-state index is 11.7. The lowest BCUT2D eigenvalue weighted by atomic mass is 10.1. The van der Waals surface area contributed by atoms with Gasteiger partial charge in [-0.15, -0.1) is 0 Å². The summed E-state index contributed by atoms with van der Waals surface area (Å²) in [5, 5.41) is 4.01. The van der Waals surface area contributed by atoms with Crippen LogP contribution in [-0.2, 0) is 22.5 Å². The van der Waals surface area contributed by atoms with Gasteiger partial charge in [0, 0.05) is 29.8 Å². The number of allylic oxidation sites excluding steroid dienone is 1. The van der Waals surface area contributed by atoms with Crippen molar-refractivity contribution < 1.29 is 9.53 Å². The molecular formula is C19H20ClNO2. The van der Waals surface area contributed by atoms with E-state index < -0.39 is 0 Å². The molecule has 0 aromatic heterocycles. The second kappa shape index (κ2) is 9.01. The van der Waals surface area contributed by atoms with Crippen LogP contribution in [0.15, 0.2) is 66.4 Å². The van der Waals surface area contributed by atoms with Gasteiger partial charge in [-0.05, 0) is 30.2 Å². The first-order valence-corrected chi connectivity index (χ1v) is 7.94. The molecule has 4 heteroatoms. The molecular weight excluding hydrogens is 310 g/mol. The van der Waals surface area contributed by atoms with Crippen LogP contribution in [0, 0.1) is 0 Å². The van der Waals surface area contributed by atoms with Gasteiger partial charge in [0.1, 0.15) is 0 Å². The number of carbonyl (C=O) groups excluding carboxylic acids is 1. The molecule has 0 unspecified atom stereocenters. The third-order valence-corrected chi connectivity index (χ3v) is 3.50. The van der Waals surface area contributed by atoms with Gasteiger partial charge in [0.2, 0.25) is 0 Å². The number of halogens is 1. The molecule has 2 aromatic carbocycles. The molecule has 2 aromatic rings. The lowest BCUT2D eigenvalue weighted by Crippen LogP contribution is -2.17. The van der Waals surface area contributed by atoms with E-state index in [2.05, 4.69) is 5.32 Å². The smallest absolute Gasteiger partial charge is 0.332 e. The van der Waals surface area contributed by atoms with Gasteiger partial charge < -0.3 is 10.1 Å². The third-order valence-electron chi connectivity index (χ3n) is 3.25. The summed E-state index contributed by atoms with van der Waals surface area (Å²) in [7, 11) is 0. The van der Waals surface area contributed by atoms with E-state index >= 15 is 0 Å². The standard InChI is InChI=1S/C19H20ClNO2/c1-2-23-19(22)13-18(12-15-8-10-17(20)11-9-15)21-14-16-6-4-3-5-7-16/h3-11,13,21H,2,12,14H2,1H3/b18-13-. The van der Waals surface area contributed by atoms with Gasteiger partial charge in [0.25, 0.3) is 0 Å². The Kier molecular flexibility index (Phi) is 6.70. The van der Waals surface area contributed by atoms with Crippen molar-refractivity contribution in [2.45, 2.75) is 19.9 Å². The van der Waals surface area contributed by atoms with Crippen LogP contribution in [0.25, 0.3) is 0 Å². The molecule has 0 heterocycles. The summed E-state index contributed by atoms with van der Waals surface area (Å²) in [5.41, 5.74) is 3.04. The Bertz CT molecular complexity index is 651. The monoisotopic (exact) mass is 329 g/mol. The predicted molar refractivity (Wildman–Crippen MR) is 93.2 cm³/mol. The molecule has 23 heavy (non-hydrogen) atoms. The van der Waals surface area contributed by atoms with E-state index in [1.54, 1.807) is 6.92 Å². The summed E-state index contributed by atoms with van der Waals surface area (Å²) >= 11 is 5.91. The van der Waals surface area contributed by atoms with Gasteiger partial charge in [-0.25, -0.2) is 4.79 Å². The molecule has 0 spiro atoms. The van der Waals surface area contributed by atoms with E-state index in [0.29, 0.717) is 24.6 Å². The van der Waals surface area contributed by atoms with Gasteiger partial charge in [-0.3, -0.25) is 0 Å².